The minimum atomic E-state index is -1.02. The summed E-state index contributed by atoms with van der Waals surface area (Å²) >= 11 is 1.30. The van der Waals surface area contributed by atoms with Crippen LogP contribution < -0.4 is 10.6 Å². The molecule has 1 saturated carbocycles. The van der Waals surface area contributed by atoms with Gasteiger partial charge in [0.15, 0.2) is 5.69 Å². The van der Waals surface area contributed by atoms with Crippen molar-refractivity contribution in [3.63, 3.8) is 0 Å². The maximum absolute atomic E-state index is 11.8. The van der Waals surface area contributed by atoms with Crippen molar-refractivity contribution >= 4 is 23.3 Å². The normalized spacial score (nSPS) is 16.2. The Labute approximate surface area is 121 Å². The molecule has 20 heavy (non-hydrogen) atoms. The first kappa shape index (κ1) is 14.8. The number of carboxylic acids is 1. The molecule has 2 amide bonds. The van der Waals surface area contributed by atoms with Crippen molar-refractivity contribution in [2.75, 3.05) is 6.54 Å². The Hall–Kier alpha value is -1.63. The number of aromatic carboxylic acids is 1. The molecule has 0 bridgehead atoms. The number of thiazole rings is 1. The van der Waals surface area contributed by atoms with Crippen molar-refractivity contribution in [3.05, 3.63) is 16.1 Å². The van der Waals surface area contributed by atoms with Crippen LogP contribution in [0.4, 0.5) is 4.79 Å². The maximum atomic E-state index is 11.8. The van der Waals surface area contributed by atoms with Gasteiger partial charge >= 0.3 is 12.0 Å². The molecular weight excluding hydrogens is 278 g/mol. The number of carboxylic acid groups (broad SMARTS) is 1. The van der Waals surface area contributed by atoms with Gasteiger partial charge in [-0.15, -0.1) is 11.3 Å². The minimum Gasteiger partial charge on any atom is -0.476 e. The monoisotopic (exact) mass is 297 g/mol. The van der Waals surface area contributed by atoms with Gasteiger partial charge in [0.1, 0.15) is 0 Å². The van der Waals surface area contributed by atoms with Crippen molar-refractivity contribution in [1.29, 1.82) is 0 Å². The molecule has 0 unspecified atom stereocenters. The van der Waals surface area contributed by atoms with Gasteiger partial charge in [-0.2, -0.15) is 0 Å². The van der Waals surface area contributed by atoms with Crippen LogP contribution in [0.1, 0.15) is 48.1 Å². The Bertz CT molecular complexity index is 491. The minimum absolute atomic E-state index is 0.0122. The number of rotatable bonds is 6. The average molecular weight is 297 g/mol. The molecule has 1 heterocycles. The highest BCUT2D eigenvalue weighted by molar-refractivity contribution is 7.09. The van der Waals surface area contributed by atoms with E-state index in [1.54, 1.807) is 0 Å². The molecule has 0 aliphatic heterocycles. The standard InChI is InChI=1S/C13H19N3O3S/c1-2-13(5-3-6-13)16-12(19)14-7-4-10-15-9(8-20-10)11(17)18/h8H,2-7H2,1H3,(H,17,18)(H2,14,16,19). The van der Waals surface area contributed by atoms with Gasteiger partial charge in [-0.25, -0.2) is 14.6 Å². The fourth-order valence-electron chi connectivity index (χ4n) is 2.26. The molecule has 0 atom stereocenters. The zero-order valence-electron chi connectivity index (χ0n) is 11.4. The predicted molar refractivity (Wildman–Crippen MR) is 76.2 cm³/mol. The fraction of sp³-hybridized carbons (Fsp3) is 0.615. The lowest BCUT2D eigenvalue weighted by Crippen LogP contribution is -2.56. The summed E-state index contributed by atoms with van der Waals surface area (Å²) < 4.78 is 0. The van der Waals surface area contributed by atoms with Crippen molar-refractivity contribution in [2.45, 2.75) is 44.6 Å². The summed E-state index contributed by atoms with van der Waals surface area (Å²) in [5.74, 6) is -1.02. The third-order valence-electron chi connectivity index (χ3n) is 3.76. The van der Waals surface area contributed by atoms with Crippen LogP contribution in [0.25, 0.3) is 0 Å². The molecule has 1 aliphatic rings. The lowest BCUT2D eigenvalue weighted by atomic mass is 9.75. The molecule has 6 nitrogen and oxygen atoms in total. The van der Waals surface area contributed by atoms with E-state index >= 15 is 0 Å². The second-order valence-electron chi connectivity index (χ2n) is 5.05. The van der Waals surface area contributed by atoms with E-state index in [0.29, 0.717) is 13.0 Å². The highest BCUT2D eigenvalue weighted by Gasteiger charge is 2.36. The molecule has 1 aliphatic carbocycles. The SMILES string of the molecule is CCC1(NC(=O)NCCc2nc(C(=O)O)cs2)CCC1. The van der Waals surface area contributed by atoms with Crippen LogP contribution in [0.15, 0.2) is 5.38 Å². The Morgan fingerprint density at radius 3 is 2.75 bits per heavy atom. The lowest BCUT2D eigenvalue weighted by molar-refractivity contribution is 0.0691. The summed E-state index contributed by atoms with van der Waals surface area (Å²) in [6.45, 7) is 2.54. The number of carbonyl (C=O) groups is 2. The second-order valence-corrected chi connectivity index (χ2v) is 5.99. The zero-order chi connectivity index (χ0) is 14.6. The van der Waals surface area contributed by atoms with Gasteiger partial charge in [-0.1, -0.05) is 6.92 Å². The first-order valence-corrected chi connectivity index (χ1v) is 7.66. The van der Waals surface area contributed by atoms with E-state index in [2.05, 4.69) is 22.5 Å². The van der Waals surface area contributed by atoms with Crippen LogP contribution in [-0.2, 0) is 6.42 Å². The molecule has 1 fully saturated rings. The first-order valence-electron chi connectivity index (χ1n) is 6.78. The van der Waals surface area contributed by atoms with Crippen LogP contribution in [0.5, 0.6) is 0 Å². The molecule has 7 heteroatoms. The van der Waals surface area contributed by atoms with Crippen LogP contribution in [-0.4, -0.2) is 34.2 Å². The van der Waals surface area contributed by atoms with E-state index in [1.807, 2.05) is 0 Å². The molecule has 110 valence electrons. The number of carbonyl (C=O) groups excluding carboxylic acids is 1. The van der Waals surface area contributed by atoms with Gasteiger partial charge < -0.3 is 15.7 Å². The number of nitrogens with zero attached hydrogens (tertiary/aromatic N) is 1. The Balaban J connectivity index is 1.72. The Morgan fingerprint density at radius 2 is 2.25 bits per heavy atom. The molecular formula is C13H19N3O3S. The number of aromatic nitrogens is 1. The highest BCUT2D eigenvalue weighted by Crippen LogP contribution is 2.34. The zero-order valence-corrected chi connectivity index (χ0v) is 12.3. The van der Waals surface area contributed by atoms with Gasteiger partial charge in [0.2, 0.25) is 0 Å². The lowest BCUT2D eigenvalue weighted by Gasteiger charge is -2.41. The summed E-state index contributed by atoms with van der Waals surface area (Å²) in [6.07, 6.45) is 4.77. The van der Waals surface area contributed by atoms with E-state index in [1.165, 1.54) is 23.1 Å². The Kier molecular flexibility index (Phi) is 4.59. The third-order valence-corrected chi connectivity index (χ3v) is 4.67. The van der Waals surface area contributed by atoms with Crippen LogP contribution >= 0.6 is 11.3 Å². The quantitative estimate of drug-likeness (QED) is 0.749. The van der Waals surface area contributed by atoms with Gasteiger partial charge in [-0.3, -0.25) is 0 Å². The number of amides is 2. The van der Waals surface area contributed by atoms with Gasteiger partial charge in [0, 0.05) is 23.9 Å². The third kappa shape index (κ3) is 3.47. The predicted octanol–water partition coefficient (Wildman–Crippen LogP) is 2.02. The topological polar surface area (TPSA) is 91.3 Å². The van der Waals surface area contributed by atoms with Crippen molar-refractivity contribution in [2.24, 2.45) is 0 Å². The number of hydrogen-bond acceptors (Lipinski definition) is 4. The second kappa shape index (κ2) is 6.21. The molecule has 2 rings (SSSR count). The number of hydrogen-bond donors (Lipinski definition) is 3. The maximum Gasteiger partial charge on any atom is 0.355 e. The first-order chi connectivity index (χ1) is 9.54. The summed E-state index contributed by atoms with van der Waals surface area (Å²) in [5, 5.41) is 16.8. The van der Waals surface area contributed by atoms with Gasteiger partial charge in [0.05, 0.1) is 5.01 Å². The molecule has 3 N–H and O–H groups in total. The molecule has 0 saturated heterocycles. The summed E-state index contributed by atoms with van der Waals surface area (Å²) in [7, 11) is 0. The van der Waals surface area contributed by atoms with Gasteiger partial charge in [0.25, 0.3) is 0 Å². The van der Waals surface area contributed by atoms with Crippen molar-refractivity contribution in [1.82, 2.24) is 15.6 Å². The van der Waals surface area contributed by atoms with Crippen LogP contribution in [0.2, 0.25) is 0 Å². The van der Waals surface area contributed by atoms with E-state index < -0.39 is 5.97 Å². The highest BCUT2D eigenvalue weighted by atomic mass is 32.1. The molecule has 0 aromatic carbocycles. The largest absolute Gasteiger partial charge is 0.476 e. The Morgan fingerprint density at radius 1 is 1.50 bits per heavy atom. The van der Waals surface area contributed by atoms with Crippen LogP contribution in [0, 0.1) is 0 Å². The summed E-state index contributed by atoms with van der Waals surface area (Å²) in [4.78, 5) is 26.4. The molecule has 0 radical (unpaired) electrons. The van der Waals surface area contributed by atoms with E-state index in [9.17, 15) is 9.59 Å². The van der Waals surface area contributed by atoms with E-state index in [-0.39, 0.29) is 17.3 Å². The molecule has 0 spiro atoms. The van der Waals surface area contributed by atoms with E-state index in [4.69, 9.17) is 5.11 Å². The summed E-state index contributed by atoms with van der Waals surface area (Å²) in [6, 6.07) is -0.151. The number of urea groups is 1. The van der Waals surface area contributed by atoms with Crippen molar-refractivity contribution in [3.8, 4) is 0 Å². The fourth-order valence-corrected chi connectivity index (χ4v) is 3.03. The van der Waals surface area contributed by atoms with E-state index in [0.717, 1.165) is 24.3 Å². The molecule has 1 aromatic rings. The van der Waals surface area contributed by atoms with Crippen molar-refractivity contribution < 1.29 is 14.7 Å². The molecule has 1 aromatic heterocycles. The average Bonchev–Trinajstić information content (AvgIpc) is 2.83. The number of nitrogens with one attached hydrogen (secondary N) is 2. The summed E-state index contributed by atoms with van der Waals surface area (Å²) in [5.41, 5.74) is 0.0516. The smallest absolute Gasteiger partial charge is 0.355 e. The van der Waals surface area contributed by atoms with Gasteiger partial charge in [-0.05, 0) is 25.7 Å². The van der Waals surface area contributed by atoms with Crippen LogP contribution in [0.3, 0.4) is 0 Å².